The Labute approximate surface area is 73.9 Å². The maximum Gasteiger partial charge on any atom is 0.113 e. The third-order valence-corrected chi connectivity index (χ3v) is 1.56. The first-order valence-corrected chi connectivity index (χ1v) is 3.67. The Morgan fingerprint density at radius 1 is 1.50 bits per heavy atom. The summed E-state index contributed by atoms with van der Waals surface area (Å²) in [6.45, 7) is 7.32. The summed E-state index contributed by atoms with van der Waals surface area (Å²) in [6, 6.07) is 0. The normalized spacial score (nSPS) is 10.7. The van der Waals surface area contributed by atoms with Crippen LogP contribution >= 0.6 is 0 Å². The van der Waals surface area contributed by atoms with Gasteiger partial charge in [0.2, 0.25) is 0 Å². The predicted octanol–water partition coefficient (Wildman–Crippen LogP) is 0.971. The second kappa shape index (κ2) is 5.57. The number of allylic oxidation sites excluding steroid dienone is 3. The molecular weight excluding hydrogens is 152 g/mol. The van der Waals surface area contributed by atoms with Crippen molar-refractivity contribution in [1.82, 2.24) is 10.0 Å². The van der Waals surface area contributed by atoms with Crippen LogP contribution in [0.5, 0.6) is 0 Å². The van der Waals surface area contributed by atoms with Gasteiger partial charge in [-0.2, -0.15) is 5.01 Å². The zero-order valence-electron chi connectivity index (χ0n) is 7.70. The van der Waals surface area contributed by atoms with E-state index in [4.69, 9.17) is 5.11 Å². The van der Waals surface area contributed by atoms with Gasteiger partial charge in [-0.3, -0.25) is 0 Å². The number of aliphatic hydroxyl groups is 1. The molecule has 0 amide bonds. The van der Waals surface area contributed by atoms with E-state index in [-0.39, 0.29) is 6.73 Å². The van der Waals surface area contributed by atoms with Crippen molar-refractivity contribution in [2.45, 2.75) is 0 Å². The molecule has 0 spiro atoms. The van der Waals surface area contributed by atoms with Crippen LogP contribution < -0.4 is 0 Å². The van der Waals surface area contributed by atoms with Crippen molar-refractivity contribution in [3.8, 4) is 0 Å². The second-order valence-corrected chi connectivity index (χ2v) is 2.41. The molecule has 0 saturated carbocycles. The number of hydrogen-bond donors (Lipinski definition) is 1. The minimum atomic E-state index is -0.0303. The van der Waals surface area contributed by atoms with E-state index in [9.17, 15) is 0 Å². The van der Waals surface area contributed by atoms with Crippen molar-refractivity contribution in [3.05, 3.63) is 37.1 Å². The summed E-state index contributed by atoms with van der Waals surface area (Å²) in [5.41, 5.74) is 0.798. The number of aliphatic hydroxyl groups excluding tert-OH is 1. The molecule has 0 aliphatic rings. The lowest BCUT2D eigenvalue weighted by atomic mass is 10.4. The molecule has 12 heavy (non-hydrogen) atoms. The molecular formula is C9H16N2O. The van der Waals surface area contributed by atoms with Gasteiger partial charge < -0.3 is 10.1 Å². The Morgan fingerprint density at radius 3 is 2.50 bits per heavy atom. The van der Waals surface area contributed by atoms with Crippen LogP contribution in [0.2, 0.25) is 0 Å². The lowest BCUT2D eigenvalue weighted by Gasteiger charge is -2.28. The van der Waals surface area contributed by atoms with Gasteiger partial charge in [-0.05, 0) is 6.08 Å². The van der Waals surface area contributed by atoms with Crippen LogP contribution in [0, 0.1) is 0 Å². The van der Waals surface area contributed by atoms with Gasteiger partial charge in [0.15, 0.2) is 0 Å². The highest BCUT2D eigenvalue weighted by molar-refractivity contribution is 5.16. The number of likely N-dealkylation sites (N-methyl/N-ethyl adjacent to an activating group) is 1. The SMILES string of the molecule is C=C/C=C\C(=C)N(C)N(C)CO. The van der Waals surface area contributed by atoms with E-state index in [1.165, 1.54) is 0 Å². The van der Waals surface area contributed by atoms with Gasteiger partial charge in [0.05, 0.1) is 0 Å². The van der Waals surface area contributed by atoms with Gasteiger partial charge in [-0.1, -0.05) is 25.3 Å². The Balaban J connectivity index is 4.09. The van der Waals surface area contributed by atoms with E-state index < -0.39 is 0 Å². The van der Waals surface area contributed by atoms with Gasteiger partial charge in [-0.15, -0.1) is 0 Å². The number of hydrazine groups is 1. The van der Waals surface area contributed by atoms with Crippen LogP contribution in [0.15, 0.2) is 37.1 Å². The third kappa shape index (κ3) is 3.37. The lowest BCUT2D eigenvalue weighted by molar-refractivity contribution is -0.0131. The molecule has 3 nitrogen and oxygen atoms in total. The van der Waals surface area contributed by atoms with Crippen LogP contribution in [0.1, 0.15) is 0 Å². The maximum absolute atomic E-state index is 8.78. The molecule has 3 heteroatoms. The molecule has 0 radical (unpaired) electrons. The van der Waals surface area contributed by atoms with E-state index >= 15 is 0 Å². The average Bonchev–Trinajstić information content (AvgIpc) is 2.11. The molecule has 0 aromatic carbocycles. The Hall–Kier alpha value is -1.06. The summed E-state index contributed by atoms with van der Waals surface area (Å²) < 4.78 is 0. The summed E-state index contributed by atoms with van der Waals surface area (Å²) in [7, 11) is 3.60. The Kier molecular flexibility index (Phi) is 5.08. The molecule has 0 heterocycles. The van der Waals surface area contributed by atoms with Crippen LogP contribution in [-0.2, 0) is 0 Å². The van der Waals surface area contributed by atoms with Gasteiger partial charge in [-0.25, -0.2) is 0 Å². The summed E-state index contributed by atoms with van der Waals surface area (Å²) in [4.78, 5) is 0. The van der Waals surface area contributed by atoms with E-state index in [2.05, 4.69) is 13.2 Å². The highest BCUT2D eigenvalue weighted by Gasteiger charge is 2.02. The quantitative estimate of drug-likeness (QED) is 0.376. The highest BCUT2D eigenvalue weighted by atomic mass is 16.3. The van der Waals surface area contributed by atoms with Crippen molar-refractivity contribution in [1.29, 1.82) is 0 Å². The first-order valence-electron chi connectivity index (χ1n) is 3.67. The van der Waals surface area contributed by atoms with E-state index in [0.717, 1.165) is 5.70 Å². The topological polar surface area (TPSA) is 26.7 Å². The monoisotopic (exact) mass is 168 g/mol. The number of nitrogens with zero attached hydrogens (tertiary/aromatic N) is 2. The average molecular weight is 168 g/mol. The first kappa shape index (κ1) is 10.9. The molecule has 0 aromatic rings. The molecule has 0 bridgehead atoms. The minimum Gasteiger partial charge on any atom is -0.379 e. The van der Waals surface area contributed by atoms with Crippen LogP contribution in [0.4, 0.5) is 0 Å². The van der Waals surface area contributed by atoms with Crippen LogP contribution in [-0.4, -0.2) is 36.0 Å². The molecule has 0 saturated heterocycles. The molecule has 0 unspecified atom stereocenters. The van der Waals surface area contributed by atoms with Gasteiger partial charge in [0.25, 0.3) is 0 Å². The van der Waals surface area contributed by atoms with E-state index in [0.29, 0.717) is 0 Å². The summed E-state index contributed by atoms with van der Waals surface area (Å²) in [5, 5.41) is 12.2. The zero-order chi connectivity index (χ0) is 9.56. The summed E-state index contributed by atoms with van der Waals surface area (Å²) >= 11 is 0. The fourth-order valence-corrected chi connectivity index (χ4v) is 0.601. The fourth-order valence-electron chi connectivity index (χ4n) is 0.601. The van der Waals surface area contributed by atoms with E-state index in [1.807, 2.05) is 13.1 Å². The summed E-state index contributed by atoms with van der Waals surface area (Å²) in [5.74, 6) is 0. The van der Waals surface area contributed by atoms with E-state index in [1.54, 1.807) is 29.2 Å². The van der Waals surface area contributed by atoms with Crippen LogP contribution in [0.3, 0.4) is 0 Å². The third-order valence-electron chi connectivity index (χ3n) is 1.56. The number of hydrogen-bond acceptors (Lipinski definition) is 3. The van der Waals surface area contributed by atoms with Crippen molar-refractivity contribution in [2.24, 2.45) is 0 Å². The molecule has 1 N–H and O–H groups in total. The summed E-state index contributed by atoms with van der Waals surface area (Å²) in [6.07, 6.45) is 5.29. The molecule has 0 atom stereocenters. The smallest absolute Gasteiger partial charge is 0.113 e. The van der Waals surface area contributed by atoms with Crippen molar-refractivity contribution in [3.63, 3.8) is 0 Å². The van der Waals surface area contributed by atoms with Crippen molar-refractivity contribution in [2.75, 3.05) is 20.8 Å². The molecule has 0 rings (SSSR count). The minimum absolute atomic E-state index is 0.0303. The molecule has 0 aliphatic heterocycles. The van der Waals surface area contributed by atoms with Gasteiger partial charge in [0.1, 0.15) is 6.73 Å². The first-order chi connectivity index (χ1) is 5.63. The standard InChI is InChI=1S/C9H16N2O/c1-5-6-7-9(2)11(4)10(3)8-12/h5-7,12H,1-2,8H2,3-4H3/b7-6-. The van der Waals surface area contributed by atoms with Crippen molar-refractivity contribution >= 4 is 0 Å². The van der Waals surface area contributed by atoms with Gasteiger partial charge >= 0.3 is 0 Å². The highest BCUT2D eigenvalue weighted by Crippen LogP contribution is 2.02. The second-order valence-electron chi connectivity index (χ2n) is 2.41. The van der Waals surface area contributed by atoms with Crippen LogP contribution in [0.25, 0.3) is 0 Å². The molecule has 0 aromatic heterocycles. The predicted molar refractivity (Wildman–Crippen MR) is 51.1 cm³/mol. The molecule has 68 valence electrons. The van der Waals surface area contributed by atoms with Crippen molar-refractivity contribution < 1.29 is 5.11 Å². The lowest BCUT2D eigenvalue weighted by Crippen LogP contribution is -2.35. The maximum atomic E-state index is 8.78. The molecule has 0 aliphatic carbocycles. The largest absolute Gasteiger partial charge is 0.379 e. The Bertz CT molecular complexity index is 187. The van der Waals surface area contributed by atoms with Gasteiger partial charge in [0, 0.05) is 19.8 Å². The Morgan fingerprint density at radius 2 is 2.08 bits per heavy atom. The number of rotatable bonds is 5. The fraction of sp³-hybridized carbons (Fsp3) is 0.333. The molecule has 0 fully saturated rings. The zero-order valence-corrected chi connectivity index (χ0v) is 7.70.